The smallest absolute Gasteiger partial charge is 0.325 e. The molecule has 104 valence electrons. The molecule has 3 N–H and O–H groups in total. The maximum Gasteiger partial charge on any atom is 0.325 e. The Morgan fingerprint density at radius 2 is 1.74 bits per heavy atom. The van der Waals surface area contributed by atoms with E-state index in [1.54, 1.807) is 0 Å². The zero-order valence-corrected chi connectivity index (χ0v) is 9.94. The van der Waals surface area contributed by atoms with Crippen molar-refractivity contribution in [1.82, 2.24) is 0 Å². The van der Waals surface area contributed by atoms with Gasteiger partial charge in [0.2, 0.25) is 0 Å². The molecular weight excluding hydrogens is 260 g/mol. The van der Waals surface area contributed by atoms with Gasteiger partial charge in [-0.05, 0) is 17.7 Å². The Labute approximate surface area is 107 Å². The van der Waals surface area contributed by atoms with E-state index in [1.165, 1.54) is 6.07 Å². The van der Waals surface area contributed by atoms with E-state index in [4.69, 9.17) is 20.3 Å². The molecule has 0 aliphatic carbocycles. The number of hydrogen-bond donors (Lipinski definition) is 2. The third-order valence-electron chi connectivity index (χ3n) is 2.79. The number of aliphatic carboxylic acids is 1. The monoisotopic (exact) mass is 273 g/mol. The Hall–Kier alpha value is -1.89. The van der Waals surface area contributed by atoms with Gasteiger partial charge in [-0.1, -0.05) is 0 Å². The summed E-state index contributed by atoms with van der Waals surface area (Å²) >= 11 is 0. The summed E-state index contributed by atoms with van der Waals surface area (Å²) in [6, 6.07) is 0.797. The summed E-state index contributed by atoms with van der Waals surface area (Å²) in [6.07, 6.45) is -2.21. The molecule has 1 heterocycles. The first-order valence-corrected chi connectivity index (χ1v) is 5.70. The maximum atomic E-state index is 13.0. The van der Waals surface area contributed by atoms with Crippen LogP contribution in [0.25, 0.3) is 0 Å². The van der Waals surface area contributed by atoms with E-state index >= 15 is 0 Å². The number of halogens is 2. The van der Waals surface area contributed by atoms with Gasteiger partial charge in [-0.25, -0.2) is 8.78 Å². The molecule has 1 aromatic carbocycles. The Morgan fingerprint density at radius 3 is 2.21 bits per heavy atom. The van der Waals surface area contributed by atoms with Crippen LogP contribution in [0.2, 0.25) is 0 Å². The van der Waals surface area contributed by atoms with E-state index in [2.05, 4.69) is 0 Å². The summed E-state index contributed by atoms with van der Waals surface area (Å²) < 4.78 is 36.6. The summed E-state index contributed by atoms with van der Waals surface area (Å²) in [7, 11) is 0. The summed E-state index contributed by atoms with van der Waals surface area (Å²) in [5, 5.41) is 8.86. The van der Waals surface area contributed by atoms with E-state index in [-0.39, 0.29) is 17.1 Å². The second-order valence-electron chi connectivity index (χ2n) is 4.09. The summed E-state index contributed by atoms with van der Waals surface area (Å²) in [5.41, 5.74) is 4.81. The van der Waals surface area contributed by atoms with Crippen molar-refractivity contribution in [3.63, 3.8) is 0 Å². The van der Waals surface area contributed by atoms with Crippen molar-refractivity contribution in [2.45, 2.75) is 18.9 Å². The number of nitrogens with two attached hydrogens (primary N) is 1. The van der Waals surface area contributed by atoms with Gasteiger partial charge in [0.25, 0.3) is 6.43 Å². The van der Waals surface area contributed by atoms with Gasteiger partial charge in [0.15, 0.2) is 11.5 Å². The average Bonchev–Trinajstić information content (AvgIpc) is 2.60. The predicted molar refractivity (Wildman–Crippen MR) is 61.6 cm³/mol. The van der Waals surface area contributed by atoms with E-state index in [0.717, 1.165) is 6.07 Å². The lowest BCUT2D eigenvalue weighted by Gasteiger charge is -2.16. The van der Waals surface area contributed by atoms with Crippen LogP contribution >= 0.6 is 0 Å². The number of rotatable bonds is 3. The Balaban J connectivity index is 2.51. The topological polar surface area (TPSA) is 81.8 Å². The molecule has 1 aliphatic heterocycles. The van der Waals surface area contributed by atoms with Gasteiger partial charge in [0.1, 0.15) is 6.04 Å². The molecule has 1 atom stereocenters. The zero-order valence-electron chi connectivity index (χ0n) is 9.94. The van der Waals surface area contributed by atoms with Gasteiger partial charge >= 0.3 is 5.97 Å². The molecule has 1 aromatic rings. The Morgan fingerprint density at radius 1 is 1.21 bits per heavy atom. The van der Waals surface area contributed by atoms with E-state index in [1.807, 2.05) is 0 Å². The SMILES string of the molecule is NC(C(=O)O)c1cc2c(cc1C(F)F)OCCCO2. The van der Waals surface area contributed by atoms with Crippen molar-refractivity contribution in [2.75, 3.05) is 13.2 Å². The van der Waals surface area contributed by atoms with Crippen molar-refractivity contribution < 1.29 is 28.2 Å². The minimum absolute atomic E-state index is 0.160. The molecule has 7 heteroatoms. The number of benzene rings is 1. The maximum absolute atomic E-state index is 13.0. The highest BCUT2D eigenvalue weighted by Gasteiger charge is 2.26. The van der Waals surface area contributed by atoms with Crippen LogP contribution in [-0.4, -0.2) is 24.3 Å². The van der Waals surface area contributed by atoms with Crippen LogP contribution in [0.1, 0.15) is 30.0 Å². The fourth-order valence-corrected chi connectivity index (χ4v) is 1.83. The minimum Gasteiger partial charge on any atom is -0.490 e. The van der Waals surface area contributed by atoms with E-state index in [0.29, 0.717) is 19.6 Å². The van der Waals surface area contributed by atoms with Gasteiger partial charge in [0, 0.05) is 12.0 Å². The number of fused-ring (bicyclic) bond motifs is 1. The van der Waals surface area contributed by atoms with Gasteiger partial charge in [-0.15, -0.1) is 0 Å². The highest BCUT2D eigenvalue weighted by molar-refractivity contribution is 5.76. The quantitative estimate of drug-likeness (QED) is 0.878. The number of carboxylic acid groups (broad SMARTS) is 1. The highest BCUT2D eigenvalue weighted by atomic mass is 19.3. The molecule has 1 aliphatic rings. The molecule has 1 unspecified atom stereocenters. The molecule has 0 bridgehead atoms. The van der Waals surface area contributed by atoms with Crippen molar-refractivity contribution in [3.05, 3.63) is 23.3 Å². The van der Waals surface area contributed by atoms with Crippen molar-refractivity contribution in [3.8, 4) is 11.5 Å². The second kappa shape index (κ2) is 5.40. The van der Waals surface area contributed by atoms with Crippen molar-refractivity contribution in [2.24, 2.45) is 5.73 Å². The number of carbonyl (C=O) groups is 1. The highest BCUT2D eigenvalue weighted by Crippen LogP contribution is 2.38. The summed E-state index contributed by atoms with van der Waals surface area (Å²) in [4.78, 5) is 10.9. The molecular formula is C12H13F2NO4. The third kappa shape index (κ3) is 2.76. The van der Waals surface area contributed by atoms with Crippen molar-refractivity contribution in [1.29, 1.82) is 0 Å². The van der Waals surface area contributed by atoms with Crippen LogP contribution in [0, 0.1) is 0 Å². The normalized spacial score (nSPS) is 16.0. The first kappa shape index (κ1) is 13.5. The molecule has 0 saturated carbocycles. The first-order valence-electron chi connectivity index (χ1n) is 5.70. The Bertz CT molecular complexity index is 493. The van der Waals surface area contributed by atoms with Crippen LogP contribution in [0.4, 0.5) is 8.78 Å². The van der Waals surface area contributed by atoms with Crippen LogP contribution in [-0.2, 0) is 4.79 Å². The standard InChI is InChI=1S/C12H13F2NO4/c13-11(14)7-5-9-8(18-2-1-3-19-9)4-6(7)10(15)12(16)17/h4-5,10-11H,1-3,15H2,(H,16,17). The first-order chi connectivity index (χ1) is 9.00. The number of alkyl halides is 2. The van der Waals surface area contributed by atoms with E-state index in [9.17, 15) is 13.6 Å². The lowest BCUT2D eigenvalue weighted by Crippen LogP contribution is -2.22. The molecule has 0 amide bonds. The van der Waals surface area contributed by atoms with E-state index < -0.39 is 24.0 Å². The number of hydrogen-bond acceptors (Lipinski definition) is 4. The third-order valence-corrected chi connectivity index (χ3v) is 2.79. The number of carboxylic acids is 1. The van der Waals surface area contributed by atoms with Crippen molar-refractivity contribution >= 4 is 5.97 Å². The average molecular weight is 273 g/mol. The second-order valence-corrected chi connectivity index (χ2v) is 4.09. The number of ether oxygens (including phenoxy) is 2. The fraction of sp³-hybridized carbons (Fsp3) is 0.417. The summed E-state index contributed by atoms with van der Waals surface area (Å²) in [6.45, 7) is 0.739. The van der Waals surface area contributed by atoms with Crippen LogP contribution in [0.3, 0.4) is 0 Å². The lowest BCUT2D eigenvalue weighted by molar-refractivity contribution is -0.138. The lowest BCUT2D eigenvalue weighted by atomic mass is 10.00. The molecule has 2 rings (SSSR count). The van der Waals surface area contributed by atoms with Crippen LogP contribution in [0.5, 0.6) is 11.5 Å². The molecule has 0 spiro atoms. The molecule has 5 nitrogen and oxygen atoms in total. The van der Waals surface area contributed by atoms with Gasteiger partial charge in [-0.2, -0.15) is 0 Å². The molecule has 0 aromatic heterocycles. The van der Waals surface area contributed by atoms with Gasteiger partial charge in [0.05, 0.1) is 13.2 Å². The largest absolute Gasteiger partial charge is 0.490 e. The van der Waals surface area contributed by atoms with Gasteiger partial charge < -0.3 is 20.3 Å². The minimum atomic E-state index is -2.84. The molecule has 19 heavy (non-hydrogen) atoms. The molecule has 0 fully saturated rings. The molecule has 0 radical (unpaired) electrons. The van der Waals surface area contributed by atoms with Crippen LogP contribution < -0.4 is 15.2 Å². The summed E-state index contributed by atoms with van der Waals surface area (Å²) in [5.74, 6) is -0.945. The fourth-order valence-electron chi connectivity index (χ4n) is 1.83. The van der Waals surface area contributed by atoms with Crippen LogP contribution in [0.15, 0.2) is 12.1 Å². The zero-order chi connectivity index (χ0) is 14.0. The van der Waals surface area contributed by atoms with Gasteiger partial charge in [-0.3, -0.25) is 4.79 Å². The predicted octanol–water partition coefficient (Wildman–Crippen LogP) is 1.87. The molecule has 0 saturated heterocycles. The Kier molecular flexibility index (Phi) is 3.84.